The van der Waals surface area contributed by atoms with Crippen molar-refractivity contribution in [2.45, 2.75) is 19.4 Å². The molecule has 0 atom stereocenters. The maximum Gasteiger partial charge on any atom is 0.224 e. The molecule has 1 N–H and O–H groups in total. The van der Waals surface area contributed by atoms with E-state index in [4.69, 9.17) is 16.3 Å². The van der Waals surface area contributed by atoms with E-state index in [9.17, 15) is 4.79 Å². The molecule has 22 heavy (non-hydrogen) atoms. The summed E-state index contributed by atoms with van der Waals surface area (Å²) < 4.78 is 5.69. The number of hydrogen-bond donors (Lipinski definition) is 1. The van der Waals surface area contributed by atoms with E-state index in [0.717, 1.165) is 17.0 Å². The maximum atomic E-state index is 11.6. The zero-order valence-electron chi connectivity index (χ0n) is 12.2. The first-order valence-corrected chi connectivity index (χ1v) is 7.44. The monoisotopic (exact) mass is 315 g/mol. The van der Waals surface area contributed by atoms with Crippen LogP contribution in [-0.4, -0.2) is 5.91 Å². The SMILES string of the molecule is C=CCCC(=O)Nc1ccc(OCc2ccccc2Cl)cc1. The van der Waals surface area contributed by atoms with Gasteiger partial charge in [0.15, 0.2) is 0 Å². The molecule has 0 unspecified atom stereocenters. The molecule has 2 rings (SSSR count). The van der Waals surface area contributed by atoms with Crippen molar-refractivity contribution in [3.8, 4) is 5.75 Å². The topological polar surface area (TPSA) is 38.3 Å². The zero-order chi connectivity index (χ0) is 15.8. The van der Waals surface area contributed by atoms with E-state index in [1.165, 1.54) is 0 Å². The van der Waals surface area contributed by atoms with Gasteiger partial charge in [0.2, 0.25) is 5.91 Å². The van der Waals surface area contributed by atoms with Crippen LogP contribution in [0.1, 0.15) is 18.4 Å². The molecular weight excluding hydrogens is 298 g/mol. The van der Waals surface area contributed by atoms with Crippen molar-refractivity contribution < 1.29 is 9.53 Å². The van der Waals surface area contributed by atoms with E-state index in [1.807, 2.05) is 48.5 Å². The van der Waals surface area contributed by atoms with Crippen LogP contribution in [0, 0.1) is 0 Å². The van der Waals surface area contributed by atoms with E-state index in [-0.39, 0.29) is 5.91 Å². The summed E-state index contributed by atoms with van der Waals surface area (Å²) in [6.07, 6.45) is 2.84. The van der Waals surface area contributed by atoms with Crippen LogP contribution in [-0.2, 0) is 11.4 Å². The lowest BCUT2D eigenvalue weighted by Crippen LogP contribution is -2.10. The number of amides is 1. The summed E-state index contributed by atoms with van der Waals surface area (Å²) in [5, 5.41) is 3.51. The van der Waals surface area contributed by atoms with Gasteiger partial charge in [0.25, 0.3) is 0 Å². The van der Waals surface area contributed by atoms with Gasteiger partial charge in [0.05, 0.1) is 0 Å². The van der Waals surface area contributed by atoms with Gasteiger partial charge in [-0.15, -0.1) is 6.58 Å². The summed E-state index contributed by atoms with van der Waals surface area (Å²) in [7, 11) is 0. The van der Waals surface area contributed by atoms with Crippen molar-refractivity contribution in [3.05, 3.63) is 71.8 Å². The number of carbonyl (C=O) groups excluding carboxylic acids is 1. The van der Waals surface area contributed by atoms with Crippen molar-refractivity contribution >= 4 is 23.2 Å². The van der Waals surface area contributed by atoms with Gasteiger partial charge in [-0.25, -0.2) is 0 Å². The predicted molar refractivity (Wildman–Crippen MR) is 90.3 cm³/mol. The third-order valence-electron chi connectivity index (χ3n) is 3.07. The molecule has 1 amide bonds. The smallest absolute Gasteiger partial charge is 0.224 e. The molecule has 0 heterocycles. The number of carbonyl (C=O) groups is 1. The second-order valence-electron chi connectivity index (χ2n) is 4.78. The van der Waals surface area contributed by atoms with E-state index >= 15 is 0 Å². The van der Waals surface area contributed by atoms with Gasteiger partial charge in [-0.1, -0.05) is 35.9 Å². The normalized spacial score (nSPS) is 10.0. The minimum absolute atomic E-state index is 0.0235. The quantitative estimate of drug-likeness (QED) is 0.744. The van der Waals surface area contributed by atoms with Gasteiger partial charge >= 0.3 is 0 Å². The molecule has 2 aromatic rings. The molecule has 0 saturated heterocycles. The molecule has 0 aromatic heterocycles. The number of ether oxygens (including phenoxy) is 1. The second kappa shape index (κ2) is 8.25. The highest BCUT2D eigenvalue weighted by molar-refractivity contribution is 6.31. The molecule has 114 valence electrons. The Bertz CT molecular complexity index is 638. The average molecular weight is 316 g/mol. The van der Waals surface area contributed by atoms with Gasteiger partial charge in [-0.05, 0) is 36.8 Å². The number of anilines is 1. The highest BCUT2D eigenvalue weighted by atomic mass is 35.5. The fourth-order valence-corrected chi connectivity index (χ4v) is 2.06. The van der Waals surface area contributed by atoms with Crippen LogP contribution in [0.25, 0.3) is 0 Å². The number of benzene rings is 2. The highest BCUT2D eigenvalue weighted by Gasteiger charge is 2.03. The van der Waals surface area contributed by atoms with Crippen LogP contribution in [0.15, 0.2) is 61.2 Å². The first kappa shape index (κ1) is 16.1. The lowest BCUT2D eigenvalue weighted by molar-refractivity contribution is -0.116. The summed E-state index contributed by atoms with van der Waals surface area (Å²) in [4.78, 5) is 11.6. The van der Waals surface area contributed by atoms with Gasteiger partial charge in [-0.2, -0.15) is 0 Å². The van der Waals surface area contributed by atoms with Crippen LogP contribution in [0.2, 0.25) is 5.02 Å². The molecule has 0 bridgehead atoms. The highest BCUT2D eigenvalue weighted by Crippen LogP contribution is 2.20. The number of halogens is 1. The number of nitrogens with one attached hydrogen (secondary N) is 1. The lowest BCUT2D eigenvalue weighted by Gasteiger charge is -2.09. The summed E-state index contributed by atoms with van der Waals surface area (Å²) in [6, 6.07) is 14.8. The molecule has 2 aromatic carbocycles. The Labute approximate surface area is 135 Å². The van der Waals surface area contributed by atoms with Crippen LogP contribution in [0.5, 0.6) is 5.75 Å². The van der Waals surface area contributed by atoms with Crippen LogP contribution >= 0.6 is 11.6 Å². The van der Waals surface area contributed by atoms with Crippen molar-refractivity contribution in [1.82, 2.24) is 0 Å². The Kier molecular flexibility index (Phi) is 6.04. The fourth-order valence-electron chi connectivity index (χ4n) is 1.87. The van der Waals surface area contributed by atoms with E-state index < -0.39 is 0 Å². The van der Waals surface area contributed by atoms with E-state index in [2.05, 4.69) is 11.9 Å². The van der Waals surface area contributed by atoms with Gasteiger partial charge < -0.3 is 10.1 Å². The first-order chi connectivity index (χ1) is 10.7. The van der Waals surface area contributed by atoms with Crippen molar-refractivity contribution in [2.75, 3.05) is 5.32 Å². The second-order valence-corrected chi connectivity index (χ2v) is 5.19. The summed E-state index contributed by atoms with van der Waals surface area (Å²) in [5.74, 6) is 0.702. The Morgan fingerprint density at radius 3 is 2.59 bits per heavy atom. The van der Waals surface area contributed by atoms with Crippen LogP contribution in [0.3, 0.4) is 0 Å². The fraction of sp³-hybridized carbons (Fsp3) is 0.167. The zero-order valence-corrected chi connectivity index (χ0v) is 13.0. The van der Waals surface area contributed by atoms with E-state index in [0.29, 0.717) is 24.5 Å². The molecule has 0 fully saturated rings. The van der Waals surface area contributed by atoms with E-state index in [1.54, 1.807) is 6.08 Å². The standard InChI is InChI=1S/C18H18ClNO2/c1-2-3-8-18(21)20-15-9-11-16(12-10-15)22-13-14-6-4-5-7-17(14)19/h2,4-7,9-12H,1,3,8,13H2,(H,20,21). The molecular formula is C18H18ClNO2. The first-order valence-electron chi connectivity index (χ1n) is 7.06. The Hall–Kier alpha value is -2.26. The predicted octanol–water partition coefficient (Wildman–Crippen LogP) is 4.82. The van der Waals surface area contributed by atoms with Crippen LogP contribution in [0.4, 0.5) is 5.69 Å². The molecule has 3 nitrogen and oxygen atoms in total. The molecule has 0 saturated carbocycles. The Balaban J connectivity index is 1.88. The largest absolute Gasteiger partial charge is 0.489 e. The van der Waals surface area contributed by atoms with Crippen molar-refractivity contribution in [2.24, 2.45) is 0 Å². The number of allylic oxidation sites excluding steroid dienone is 1. The van der Waals surface area contributed by atoms with Gasteiger partial charge in [-0.3, -0.25) is 4.79 Å². The lowest BCUT2D eigenvalue weighted by atomic mass is 10.2. The van der Waals surface area contributed by atoms with Crippen LogP contribution < -0.4 is 10.1 Å². The molecule has 0 radical (unpaired) electrons. The maximum absolute atomic E-state index is 11.6. The summed E-state index contributed by atoms with van der Waals surface area (Å²) in [6.45, 7) is 4.00. The van der Waals surface area contributed by atoms with Crippen molar-refractivity contribution in [3.63, 3.8) is 0 Å². The number of hydrogen-bond acceptors (Lipinski definition) is 2. The Morgan fingerprint density at radius 2 is 1.91 bits per heavy atom. The third kappa shape index (κ3) is 4.93. The summed E-state index contributed by atoms with van der Waals surface area (Å²) >= 11 is 6.08. The van der Waals surface area contributed by atoms with Crippen molar-refractivity contribution in [1.29, 1.82) is 0 Å². The number of rotatable bonds is 7. The molecule has 0 aliphatic rings. The Morgan fingerprint density at radius 1 is 1.18 bits per heavy atom. The average Bonchev–Trinajstić information content (AvgIpc) is 2.53. The van der Waals surface area contributed by atoms with Gasteiger partial charge in [0.1, 0.15) is 12.4 Å². The molecule has 0 aliphatic carbocycles. The third-order valence-corrected chi connectivity index (χ3v) is 3.43. The molecule has 0 spiro atoms. The minimum atomic E-state index is -0.0235. The van der Waals surface area contributed by atoms with Gasteiger partial charge in [0, 0.05) is 22.7 Å². The molecule has 0 aliphatic heterocycles. The molecule has 4 heteroatoms. The summed E-state index contributed by atoms with van der Waals surface area (Å²) in [5.41, 5.74) is 1.69. The minimum Gasteiger partial charge on any atom is -0.489 e.